The van der Waals surface area contributed by atoms with Crippen LogP contribution in [0, 0.1) is 0 Å². The summed E-state index contributed by atoms with van der Waals surface area (Å²) in [6.45, 7) is 0. The van der Waals surface area contributed by atoms with E-state index in [0.717, 1.165) is 8.95 Å². The molecule has 2 heteroatoms. The predicted octanol–water partition coefficient (Wildman–Crippen LogP) is 12.2. The van der Waals surface area contributed by atoms with Crippen molar-refractivity contribution in [3.8, 4) is 44.5 Å². The van der Waals surface area contributed by atoms with Gasteiger partial charge in [-0.05, 0) is 115 Å². The Kier molecular flexibility index (Phi) is 6.59. The lowest BCUT2D eigenvalue weighted by molar-refractivity contribution is 1.55. The molecule has 0 unspecified atom stereocenters. The molecule has 0 atom stereocenters. The Labute approximate surface area is 251 Å². The largest absolute Gasteiger partial charge is 0.0616 e. The van der Waals surface area contributed by atoms with Gasteiger partial charge in [-0.15, -0.1) is 0 Å². The summed E-state index contributed by atoms with van der Waals surface area (Å²) in [6.07, 6.45) is 0. The maximum Gasteiger partial charge on any atom is 0.0175 e. The van der Waals surface area contributed by atoms with Crippen molar-refractivity contribution >= 4 is 53.4 Å². The average molecular weight is 640 g/mol. The topological polar surface area (TPSA) is 0 Å². The Balaban J connectivity index is 1.37. The van der Waals surface area contributed by atoms with Crippen molar-refractivity contribution in [1.29, 1.82) is 0 Å². The molecule has 0 nitrogen and oxygen atoms in total. The number of benzene rings is 7. The molecule has 7 rings (SSSR count). The normalized spacial score (nSPS) is 11.2. The molecule has 7 aromatic rings. The minimum atomic E-state index is 1.08. The van der Waals surface area contributed by atoms with Crippen LogP contribution >= 0.6 is 31.9 Å². The summed E-state index contributed by atoms with van der Waals surface area (Å²) >= 11 is 7.16. The molecule has 0 saturated carbocycles. The molecule has 0 aliphatic carbocycles. The van der Waals surface area contributed by atoms with Crippen molar-refractivity contribution in [2.75, 3.05) is 0 Å². The van der Waals surface area contributed by atoms with Gasteiger partial charge in [0.25, 0.3) is 0 Å². The highest BCUT2D eigenvalue weighted by Crippen LogP contribution is 2.38. The second-order valence-electron chi connectivity index (χ2n) is 10.1. The molecule has 0 radical (unpaired) electrons. The third-order valence-electron chi connectivity index (χ3n) is 7.57. The van der Waals surface area contributed by atoms with E-state index in [4.69, 9.17) is 0 Å². The van der Waals surface area contributed by atoms with Crippen molar-refractivity contribution in [2.24, 2.45) is 0 Å². The molecule has 0 N–H and O–H groups in total. The van der Waals surface area contributed by atoms with Crippen LogP contribution in [-0.4, -0.2) is 0 Å². The first kappa shape index (κ1) is 25.0. The van der Waals surface area contributed by atoms with Crippen molar-refractivity contribution in [2.45, 2.75) is 0 Å². The molecule has 0 spiro atoms. The van der Waals surface area contributed by atoms with Crippen molar-refractivity contribution in [3.63, 3.8) is 0 Å². The van der Waals surface area contributed by atoms with Gasteiger partial charge in [0.2, 0.25) is 0 Å². The summed E-state index contributed by atoms with van der Waals surface area (Å²) in [5.41, 5.74) is 9.72. The number of rotatable bonds is 4. The van der Waals surface area contributed by atoms with Crippen LogP contribution in [0.5, 0.6) is 0 Å². The van der Waals surface area contributed by atoms with E-state index in [2.05, 4.69) is 177 Å². The van der Waals surface area contributed by atoms with E-state index in [9.17, 15) is 0 Å². The predicted molar refractivity (Wildman–Crippen MR) is 179 cm³/mol. The Hall–Kier alpha value is -3.98. The molecule has 40 heavy (non-hydrogen) atoms. The third kappa shape index (κ3) is 4.79. The van der Waals surface area contributed by atoms with Crippen LogP contribution in [0.15, 0.2) is 155 Å². The number of fused-ring (bicyclic) bond motifs is 2. The fourth-order valence-electron chi connectivity index (χ4n) is 5.57. The van der Waals surface area contributed by atoms with Crippen LogP contribution in [-0.2, 0) is 0 Å². The number of hydrogen-bond acceptors (Lipinski definition) is 0. The fourth-order valence-corrected chi connectivity index (χ4v) is 6.09. The van der Waals surface area contributed by atoms with E-state index >= 15 is 0 Å². The van der Waals surface area contributed by atoms with Gasteiger partial charge < -0.3 is 0 Å². The van der Waals surface area contributed by atoms with Crippen LogP contribution in [0.2, 0.25) is 0 Å². The van der Waals surface area contributed by atoms with E-state index in [-0.39, 0.29) is 0 Å². The van der Waals surface area contributed by atoms with Gasteiger partial charge in [-0.1, -0.05) is 129 Å². The monoisotopic (exact) mass is 638 g/mol. The zero-order valence-electron chi connectivity index (χ0n) is 21.6. The summed E-state index contributed by atoms with van der Waals surface area (Å²) in [7, 11) is 0. The summed E-state index contributed by atoms with van der Waals surface area (Å²) in [6, 6.07) is 52.7. The lowest BCUT2D eigenvalue weighted by Gasteiger charge is -2.14. The van der Waals surface area contributed by atoms with Gasteiger partial charge in [-0.2, -0.15) is 0 Å². The third-order valence-corrected chi connectivity index (χ3v) is 8.62. The Morgan fingerprint density at radius 3 is 1.07 bits per heavy atom. The highest BCUT2D eigenvalue weighted by molar-refractivity contribution is 9.10. The maximum atomic E-state index is 3.58. The maximum absolute atomic E-state index is 3.58. The van der Waals surface area contributed by atoms with E-state index < -0.39 is 0 Å². The Morgan fingerprint density at radius 1 is 0.300 bits per heavy atom. The van der Waals surface area contributed by atoms with Crippen LogP contribution in [0.1, 0.15) is 0 Å². The quantitative estimate of drug-likeness (QED) is 0.168. The van der Waals surface area contributed by atoms with E-state index in [1.54, 1.807) is 0 Å². The van der Waals surface area contributed by atoms with Gasteiger partial charge >= 0.3 is 0 Å². The molecule has 0 heterocycles. The Bertz CT molecular complexity index is 1870. The van der Waals surface area contributed by atoms with Crippen LogP contribution in [0.3, 0.4) is 0 Å². The van der Waals surface area contributed by atoms with Crippen LogP contribution in [0.25, 0.3) is 66.1 Å². The highest BCUT2D eigenvalue weighted by Gasteiger charge is 2.12. The zero-order valence-corrected chi connectivity index (χ0v) is 24.8. The second-order valence-corrected chi connectivity index (χ2v) is 11.9. The molecule has 0 aliphatic rings. The molecule has 0 saturated heterocycles. The first-order valence-electron chi connectivity index (χ1n) is 13.3. The molecule has 0 aromatic heterocycles. The smallest absolute Gasteiger partial charge is 0.0175 e. The van der Waals surface area contributed by atoms with E-state index in [0.29, 0.717) is 0 Å². The molecule has 190 valence electrons. The van der Waals surface area contributed by atoms with E-state index in [1.165, 1.54) is 66.1 Å². The van der Waals surface area contributed by atoms with Gasteiger partial charge in [0, 0.05) is 8.95 Å². The first-order valence-corrected chi connectivity index (χ1v) is 14.9. The molecule has 0 bridgehead atoms. The molecule has 7 aromatic carbocycles. The van der Waals surface area contributed by atoms with Gasteiger partial charge in [-0.3, -0.25) is 0 Å². The van der Waals surface area contributed by atoms with Crippen LogP contribution < -0.4 is 0 Å². The molecular weight excluding hydrogens is 616 g/mol. The number of halogens is 2. The van der Waals surface area contributed by atoms with Crippen molar-refractivity contribution < 1.29 is 0 Å². The van der Waals surface area contributed by atoms with Crippen molar-refractivity contribution in [1.82, 2.24) is 0 Å². The molecule has 0 amide bonds. The first-order chi connectivity index (χ1) is 19.6. The summed E-state index contributed by atoms with van der Waals surface area (Å²) in [5.74, 6) is 0. The Morgan fingerprint density at radius 2 is 0.650 bits per heavy atom. The fraction of sp³-hybridized carbons (Fsp3) is 0. The minimum absolute atomic E-state index is 1.08. The van der Waals surface area contributed by atoms with Gasteiger partial charge in [-0.25, -0.2) is 0 Å². The van der Waals surface area contributed by atoms with Gasteiger partial charge in [0.05, 0.1) is 0 Å². The highest BCUT2D eigenvalue weighted by atomic mass is 79.9. The molecule has 0 fully saturated rings. The summed E-state index contributed by atoms with van der Waals surface area (Å²) < 4.78 is 2.16. The average Bonchev–Trinajstić information content (AvgIpc) is 3.00. The number of hydrogen-bond donors (Lipinski definition) is 0. The zero-order chi connectivity index (χ0) is 27.1. The SMILES string of the molecule is Brc1ccc(-c2cc(-c3ccc(Br)cc3)cc(-c3ccc(-c4c5ccccc5cc5ccccc45)cc3)c2)cc1. The second kappa shape index (κ2) is 10.5. The van der Waals surface area contributed by atoms with Gasteiger partial charge in [0.1, 0.15) is 0 Å². The molecule has 0 aliphatic heterocycles. The van der Waals surface area contributed by atoms with Gasteiger partial charge in [0.15, 0.2) is 0 Å². The lowest BCUT2D eigenvalue weighted by atomic mass is 9.90. The van der Waals surface area contributed by atoms with Crippen LogP contribution in [0.4, 0.5) is 0 Å². The van der Waals surface area contributed by atoms with E-state index in [1.807, 2.05) is 0 Å². The summed E-state index contributed by atoms with van der Waals surface area (Å²) in [5, 5.41) is 5.09. The lowest BCUT2D eigenvalue weighted by Crippen LogP contribution is -1.88. The summed E-state index contributed by atoms with van der Waals surface area (Å²) in [4.78, 5) is 0. The van der Waals surface area contributed by atoms with Crippen molar-refractivity contribution in [3.05, 3.63) is 155 Å². The minimum Gasteiger partial charge on any atom is -0.0616 e. The molecular formula is C38H24Br2. The standard InChI is InChI=1S/C38H24Br2/c39-34-17-13-26(14-18-34)32-22-31(23-33(24-32)27-15-19-35(40)20-16-27)25-9-11-28(12-10-25)38-36-7-3-1-5-29(36)21-30-6-2-4-8-37(30)38/h1-24H.